The molecule has 0 fully saturated rings. The average Bonchev–Trinajstić information content (AvgIpc) is 2.11. The standard InChI is InChI=1S/C12H20F2/c1-3-5-6-7-8-9-11-12(13,14)10-4-2/h4,9,11H,2-3,5-8,10H2,1H3/b11-9-. The predicted molar refractivity (Wildman–Crippen MR) is 57.7 cm³/mol. The van der Waals surface area contributed by atoms with E-state index in [2.05, 4.69) is 13.5 Å². The summed E-state index contributed by atoms with van der Waals surface area (Å²) in [6.07, 6.45) is 8.84. The van der Waals surface area contributed by atoms with E-state index in [9.17, 15) is 8.78 Å². The number of allylic oxidation sites excluding steroid dienone is 3. The molecule has 0 N–H and O–H groups in total. The lowest BCUT2D eigenvalue weighted by molar-refractivity contribution is 0.0586. The van der Waals surface area contributed by atoms with Gasteiger partial charge in [-0.05, 0) is 18.9 Å². The molecule has 0 aromatic heterocycles. The number of hydrogen-bond donors (Lipinski definition) is 0. The van der Waals surface area contributed by atoms with Crippen molar-refractivity contribution in [3.05, 3.63) is 24.8 Å². The van der Waals surface area contributed by atoms with E-state index in [1.807, 2.05) is 0 Å². The summed E-state index contributed by atoms with van der Waals surface area (Å²) >= 11 is 0. The average molecular weight is 202 g/mol. The maximum Gasteiger partial charge on any atom is 0.269 e. The van der Waals surface area contributed by atoms with Crippen molar-refractivity contribution in [2.24, 2.45) is 0 Å². The lowest BCUT2D eigenvalue weighted by atomic mass is 10.1. The lowest BCUT2D eigenvalue weighted by Crippen LogP contribution is -2.09. The molecule has 0 heterocycles. The van der Waals surface area contributed by atoms with E-state index in [1.54, 1.807) is 6.08 Å². The minimum atomic E-state index is -2.70. The minimum absolute atomic E-state index is 0.265. The van der Waals surface area contributed by atoms with Gasteiger partial charge in [-0.3, -0.25) is 0 Å². The van der Waals surface area contributed by atoms with Crippen molar-refractivity contribution in [1.29, 1.82) is 0 Å². The Labute approximate surface area is 85.7 Å². The number of rotatable bonds is 8. The van der Waals surface area contributed by atoms with Crippen LogP contribution < -0.4 is 0 Å². The van der Waals surface area contributed by atoms with E-state index in [-0.39, 0.29) is 6.42 Å². The summed E-state index contributed by atoms with van der Waals surface area (Å²) in [5.41, 5.74) is 0. The summed E-state index contributed by atoms with van der Waals surface area (Å²) < 4.78 is 25.7. The highest BCUT2D eigenvalue weighted by Crippen LogP contribution is 2.20. The minimum Gasteiger partial charge on any atom is -0.202 e. The third-order valence-corrected chi connectivity index (χ3v) is 2.00. The smallest absolute Gasteiger partial charge is 0.202 e. The predicted octanol–water partition coefficient (Wildman–Crippen LogP) is 4.72. The molecule has 0 amide bonds. The fraction of sp³-hybridized carbons (Fsp3) is 0.667. The molecule has 0 nitrogen and oxygen atoms in total. The van der Waals surface area contributed by atoms with Gasteiger partial charge in [-0.2, -0.15) is 0 Å². The fourth-order valence-corrected chi connectivity index (χ4v) is 1.21. The molecule has 0 spiro atoms. The van der Waals surface area contributed by atoms with Crippen LogP contribution in [0.1, 0.15) is 45.4 Å². The fourth-order valence-electron chi connectivity index (χ4n) is 1.21. The van der Waals surface area contributed by atoms with E-state index in [4.69, 9.17) is 0 Å². The molecule has 0 aliphatic carbocycles. The van der Waals surface area contributed by atoms with E-state index >= 15 is 0 Å². The highest BCUT2D eigenvalue weighted by molar-refractivity contribution is 4.97. The zero-order valence-electron chi connectivity index (χ0n) is 8.94. The van der Waals surface area contributed by atoms with Gasteiger partial charge in [-0.1, -0.05) is 38.3 Å². The van der Waals surface area contributed by atoms with Crippen molar-refractivity contribution in [3.8, 4) is 0 Å². The second kappa shape index (κ2) is 7.72. The molecule has 0 radical (unpaired) electrons. The number of halogens is 2. The van der Waals surface area contributed by atoms with Gasteiger partial charge in [0, 0.05) is 6.42 Å². The molecule has 0 saturated heterocycles. The van der Waals surface area contributed by atoms with Gasteiger partial charge in [0.25, 0.3) is 5.92 Å². The lowest BCUT2D eigenvalue weighted by Gasteiger charge is -2.07. The zero-order valence-corrected chi connectivity index (χ0v) is 8.94. The van der Waals surface area contributed by atoms with Crippen LogP contribution in [-0.2, 0) is 0 Å². The highest BCUT2D eigenvalue weighted by Gasteiger charge is 2.21. The summed E-state index contributed by atoms with van der Waals surface area (Å²) in [5.74, 6) is -2.70. The van der Waals surface area contributed by atoms with Gasteiger partial charge in [0.15, 0.2) is 0 Å². The van der Waals surface area contributed by atoms with Crippen LogP contribution in [0.25, 0.3) is 0 Å². The Morgan fingerprint density at radius 3 is 2.50 bits per heavy atom. The SMILES string of the molecule is C=CCC(F)(F)/C=C\CCCCCC. The summed E-state index contributed by atoms with van der Waals surface area (Å²) in [4.78, 5) is 0. The van der Waals surface area contributed by atoms with Gasteiger partial charge in [-0.25, -0.2) is 8.78 Å². The van der Waals surface area contributed by atoms with Crippen LogP contribution in [0.5, 0.6) is 0 Å². The number of hydrogen-bond acceptors (Lipinski definition) is 0. The van der Waals surface area contributed by atoms with Crippen molar-refractivity contribution in [2.45, 2.75) is 51.4 Å². The Balaban J connectivity index is 3.55. The van der Waals surface area contributed by atoms with E-state index < -0.39 is 5.92 Å². The molecule has 0 saturated carbocycles. The third kappa shape index (κ3) is 7.96. The first-order valence-corrected chi connectivity index (χ1v) is 5.29. The van der Waals surface area contributed by atoms with Crippen molar-refractivity contribution in [2.75, 3.05) is 0 Å². The molecule has 2 heteroatoms. The maximum absolute atomic E-state index is 12.8. The normalized spacial score (nSPS) is 12.2. The van der Waals surface area contributed by atoms with E-state index in [0.29, 0.717) is 0 Å². The van der Waals surface area contributed by atoms with Crippen LogP contribution in [0, 0.1) is 0 Å². The summed E-state index contributed by atoms with van der Waals surface area (Å²) in [6.45, 7) is 5.43. The van der Waals surface area contributed by atoms with Crippen molar-refractivity contribution in [3.63, 3.8) is 0 Å². The molecular formula is C12H20F2. The first kappa shape index (κ1) is 13.3. The van der Waals surface area contributed by atoms with Crippen LogP contribution in [0.15, 0.2) is 24.8 Å². The second-order valence-electron chi connectivity index (χ2n) is 3.51. The van der Waals surface area contributed by atoms with Crippen LogP contribution in [-0.4, -0.2) is 5.92 Å². The summed E-state index contributed by atoms with van der Waals surface area (Å²) in [7, 11) is 0. The molecular weight excluding hydrogens is 182 g/mol. The highest BCUT2D eigenvalue weighted by atomic mass is 19.3. The van der Waals surface area contributed by atoms with Crippen LogP contribution in [0.3, 0.4) is 0 Å². The molecule has 0 unspecified atom stereocenters. The van der Waals surface area contributed by atoms with Gasteiger partial charge in [0.1, 0.15) is 0 Å². The van der Waals surface area contributed by atoms with Crippen molar-refractivity contribution < 1.29 is 8.78 Å². The molecule has 0 bridgehead atoms. The van der Waals surface area contributed by atoms with E-state index in [0.717, 1.165) is 25.3 Å². The summed E-state index contributed by atoms with van der Waals surface area (Å²) in [6, 6.07) is 0. The molecule has 82 valence electrons. The Bertz CT molecular complexity index is 171. The maximum atomic E-state index is 12.8. The largest absolute Gasteiger partial charge is 0.269 e. The third-order valence-electron chi connectivity index (χ3n) is 2.00. The quantitative estimate of drug-likeness (QED) is 0.394. The molecule has 0 rings (SSSR count). The topological polar surface area (TPSA) is 0 Å². The molecule has 0 aromatic rings. The summed E-state index contributed by atoms with van der Waals surface area (Å²) in [5, 5.41) is 0. The van der Waals surface area contributed by atoms with Crippen molar-refractivity contribution in [1.82, 2.24) is 0 Å². The van der Waals surface area contributed by atoms with Gasteiger partial charge >= 0.3 is 0 Å². The number of alkyl halides is 2. The molecule has 0 aliphatic rings. The first-order valence-electron chi connectivity index (χ1n) is 5.29. The molecule has 14 heavy (non-hydrogen) atoms. The van der Waals surface area contributed by atoms with Crippen LogP contribution in [0.4, 0.5) is 8.78 Å². The monoisotopic (exact) mass is 202 g/mol. The van der Waals surface area contributed by atoms with E-state index in [1.165, 1.54) is 18.9 Å². The van der Waals surface area contributed by atoms with Gasteiger partial charge in [0.2, 0.25) is 0 Å². The number of unbranched alkanes of at least 4 members (excludes halogenated alkanes) is 4. The van der Waals surface area contributed by atoms with Gasteiger partial charge in [-0.15, -0.1) is 6.58 Å². The molecule has 0 atom stereocenters. The van der Waals surface area contributed by atoms with Crippen LogP contribution >= 0.6 is 0 Å². The Kier molecular flexibility index (Phi) is 7.35. The Hall–Kier alpha value is -0.660. The van der Waals surface area contributed by atoms with Crippen LogP contribution in [0.2, 0.25) is 0 Å². The first-order chi connectivity index (χ1) is 6.62. The van der Waals surface area contributed by atoms with Crippen molar-refractivity contribution >= 4 is 0 Å². The van der Waals surface area contributed by atoms with Gasteiger partial charge < -0.3 is 0 Å². The second-order valence-corrected chi connectivity index (χ2v) is 3.51. The van der Waals surface area contributed by atoms with Gasteiger partial charge in [0.05, 0.1) is 0 Å². The molecule has 0 aromatic carbocycles. The Morgan fingerprint density at radius 1 is 1.21 bits per heavy atom. The Morgan fingerprint density at radius 2 is 1.93 bits per heavy atom. The molecule has 0 aliphatic heterocycles. The zero-order chi connectivity index (χ0) is 10.9.